The van der Waals surface area contributed by atoms with Crippen LogP contribution in [0, 0.1) is 5.92 Å². The second-order valence-electron chi connectivity index (χ2n) is 5.71. The summed E-state index contributed by atoms with van der Waals surface area (Å²) in [6.07, 6.45) is -1.95. The number of aromatic nitrogens is 1. The maximum Gasteiger partial charge on any atom is 0.422 e. The van der Waals surface area contributed by atoms with E-state index in [1.807, 2.05) is 6.92 Å². The second-order valence-corrected chi connectivity index (χ2v) is 5.71. The van der Waals surface area contributed by atoms with Crippen LogP contribution in [0.15, 0.2) is 23.3 Å². The third-order valence-corrected chi connectivity index (χ3v) is 2.96. The number of ether oxygens (including phenoxy) is 1. The number of hydrogen-bond acceptors (Lipinski definition) is 3. The van der Waals surface area contributed by atoms with Crippen LogP contribution in [0.2, 0.25) is 0 Å². The third-order valence-electron chi connectivity index (χ3n) is 2.96. The Kier molecular flexibility index (Phi) is 8.35. The molecule has 0 aromatic carbocycles. The third kappa shape index (κ3) is 9.22. The summed E-state index contributed by atoms with van der Waals surface area (Å²) in [5.41, 5.74) is 0.725. The zero-order valence-electron chi connectivity index (χ0n) is 14.3. The van der Waals surface area contributed by atoms with Gasteiger partial charge in [-0.25, -0.2) is 9.98 Å². The van der Waals surface area contributed by atoms with E-state index in [4.69, 9.17) is 0 Å². The molecule has 1 heterocycles. The van der Waals surface area contributed by atoms with E-state index in [2.05, 4.69) is 39.2 Å². The SMILES string of the molecule is CCNC(=NCc1ccnc(OCC(F)(F)F)c1)NCCC(C)C. The number of hydrogen-bond donors (Lipinski definition) is 2. The Morgan fingerprint density at radius 2 is 2.08 bits per heavy atom. The van der Waals surface area contributed by atoms with E-state index in [0.717, 1.165) is 25.1 Å². The molecule has 8 heteroatoms. The first-order chi connectivity index (χ1) is 11.3. The van der Waals surface area contributed by atoms with Crippen LogP contribution in [0.1, 0.15) is 32.8 Å². The molecule has 0 atom stereocenters. The highest BCUT2D eigenvalue weighted by Gasteiger charge is 2.28. The molecule has 24 heavy (non-hydrogen) atoms. The molecule has 0 spiro atoms. The maximum absolute atomic E-state index is 12.2. The highest BCUT2D eigenvalue weighted by molar-refractivity contribution is 5.79. The predicted molar refractivity (Wildman–Crippen MR) is 88.1 cm³/mol. The van der Waals surface area contributed by atoms with Gasteiger partial charge >= 0.3 is 6.18 Å². The molecule has 2 N–H and O–H groups in total. The number of guanidine groups is 1. The molecule has 0 amide bonds. The molecule has 0 radical (unpaired) electrons. The van der Waals surface area contributed by atoms with E-state index >= 15 is 0 Å². The molecule has 0 saturated carbocycles. The Bertz CT molecular complexity index is 518. The van der Waals surface area contributed by atoms with Gasteiger partial charge in [-0.2, -0.15) is 13.2 Å². The molecule has 0 aliphatic carbocycles. The molecule has 5 nitrogen and oxygen atoms in total. The van der Waals surface area contributed by atoms with Gasteiger partial charge in [-0.15, -0.1) is 0 Å². The van der Waals surface area contributed by atoms with Gasteiger partial charge in [0.05, 0.1) is 6.54 Å². The van der Waals surface area contributed by atoms with Gasteiger partial charge in [-0.05, 0) is 30.9 Å². The van der Waals surface area contributed by atoms with Crippen LogP contribution in [0.5, 0.6) is 5.88 Å². The molecule has 0 unspecified atom stereocenters. The van der Waals surface area contributed by atoms with Crippen molar-refractivity contribution < 1.29 is 17.9 Å². The second kappa shape index (κ2) is 10.00. The molecule has 0 saturated heterocycles. The van der Waals surface area contributed by atoms with E-state index in [1.165, 1.54) is 12.3 Å². The molecule has 1 rings (SSSR count). The van der Waals surface area contributed by atoms with Crippen molar-refractivity contribution in [3.05, 3.63) is 23.9 Å². The van der Waals surface area contributed by atoms with Crippen molar-refractivity contribution in [3.8, 4) is 5.88 Å². The highest BCUT2D eigenvalue weighted by Crippen LogP contribution is 2.17. The van der Waals surface area contributed by atoms with E-state index in [0.29, 0.717) is 18.4 Å². The average Bonchev–Trinajstić information content (AvgIpc) is 2.50. The fraction of sp³-hybridized carbons (Fsp3) is 0.625. The summed E-state index contributed by atoms with van der Waals surface area (Å²) in [5.74, 6) is 1.21. The van der Waals surface area contributed by atoms with Crippen LogP contribution in [-0.2, 0) is 6.54 Å². The summed E-state index contributed by atoms with van der Waals surface area (Å²) in [5, 5.41) is 6.35. The quantitative estimate of drug-likeness (QED) is 0.561. The number of alkyl halides is 3. The fourth-order valence-corrected chi connectivity index (χ4v) is 1.77. The number of nitrogens with one attached hydrogen (secondary N) is 2. The van der Waals surface area contributed by atoms with Crippen LogP contribution in [-0.4, -0.2) is 36.8 Å². The number of halogens is 3. The normalized spacial score (nSPS) is 12.4. The lowest BCUT2D eigenvalue weighted by atomic mass is 10.1. The Morgan fingerprint density at radius 1 is 1.33 bits per heavy atom. The zero-order chi connectivity index (χ0) is 18.0. The van der Waals surface area contributed by atoms with Crippen molar-refractivity contribution in [3.63, 3.8) is 0 Å². The van der Waals surface area contributed by atoms with Crippen molar-refractivity contribution in [1.29, 1.82) is 0 Å². The summed E-state index contributed by atoms with van der Waals surface area (Å²) in [6, 6.07) is 3.16. The summed E-state index contributed by atoms with van der Waals surface area (Å²) < 4.78 is 41.1. The minimum Gasteiger partial charge on any atom is -0.468 e. The van der Waals surface area contributed by atoms with Gasteiger partial charge in [0.2, 0.25) is 5.88 Å². The number of aliphatic imine (C=N–C) groups is 1. The van der Waals surface area contributed by atoms with E-state index in [9.17, 15) is 13.2 Å². The standard InChI is InChI=1S/C16H25F3N4O/c1-4-20-15(22-7-5-12(2)3)23-10-13-6-8-21-14(9-13)24-11-16(17,18)19/h6,8-9,12H,4-5,7,10-11H2,1-3H3,(H2,20,22,23). The van der Waals surface area contributed by atoms with E-state index in [1.54, 1.807) is 6.07 Å². The molecule has 1 aromatic heterocycles. The molecular formula is C16H25F3N4O. The Labute approximate surface area is 140 Å². The maximum atomic E-state index is 12.2. The summed E-state index contributed by atoms with van der Waals surface area (Å²) in [6.45, 7) is 6.75. The van der Waals surface area contributed by atoms with Crippen molar-refractivity contribution in [1.82, 2.24) is 15.6 Å². The van der Waals surface area contributed by atoms with Crippen molar-refractivity contribution in [2.45, 2.75) is 39.9 Å². The molecule has 0 bridgehead atoms. The number of pyridine rings is 1. The number of nitrogens with zero attached hydrogens (tertiary/aromatic N) is 2. The van der Waals surface area contributed by atoms with Gasteiger partial charge in [-0.3, -0.25) is 0 Å². The van der Waals surface area contributed by atoms with Gasteiger partial charge in [-0.1, -0.05) is 13.8 Å². The molecular weight excluding hydrogens is 321 g/mol. The smallest absolute Gasteiger partial charge is 0.422 e. The zero-order valence-corrected chi connectivity index (χ0v) is 14.3. The molecule has 1 aromatic rings. The topological polar surface area (TPSA) is 58.5 Å². The van der Waals surface area contributed by atoms with E-state index < -0.39 is 12.8 Å². The van der Waals surface area contributed by atoms with Gasteiger partial charge in [0.25, 0.3) is 0 Å². The monoisotopic (exact) mass is 346 g/mol. The molecule has 0 fully saturated rings. The lowest BCUT2D eigenvalue weighted by Crippen LogP contribution is -2.38. The highest BCUT2D eigenvalue weighted by atomic mass is 19.4. The van der Waals surface area contributed by atoms with Crippen molar-refractivity contribution >= 4 is 5.96 Å². The Morgan fingerprint density at radius 3 is 2.71 bits per heavy atom. The van der Waals surface area contributed by atoms with Crippen molar-refractivity contribution in [2.75, 3.05) is 19.7 Å². The van der Waals surface area contributed by atoms with Crippen LogP contribution in [0.25, 0.3) is 0 Å². The summed E-state index contributed by atoms with van der Waals surface area (Å²) in [4.78, 5) is 8.19. The van der Waals surface area contributed by atoms with Crippen molar-refractivity contribution in [2.24, 2.45) is 10.9 Å². The summed E-state index contributed by atoms with van der Waals surface area (Å²) >= 11 is 0. The van der Waals surface area contributed by atoms with E-state index in [-0.39, 0.29) is 5.88 Å². The van der Waals surface area contributed by atoms with Crippen LogP contribution < -0.4 is 15.4 Å². The van der Waals surface area contributed by atoms with Crippen LogP contribution in [0.4, 0.5) is 13.2 Å². The van der Waals surface area contributed by atoms with Gasteiger partial charge in [0.15, 0.2) is 12.6 Å². The largest absolute Gasteiger partial charge is 0.468 e. The molecule has 136 valence electrons. The molecule has 0 aliphatic rings. The van der Waals surface area contributed by atoms with Gasteiger partial charge < -0.3 is 15.4 Å². The first kappa shape index (κ1) is 20.1. The number of rotatable bonds is 8. The Hall–Kier alpha value is -1.99. The average molecular weight is 346 g/mol. The minimum absolute atomic E-state index is 0.0576. The first-order valence-corrected chi connectivity index (χ1v) is 7.97. The summed E-state index contributed by atoms with van der Waals surface area (Å²) in [7, 11) is 0. The van der Waals surface area contributed by atoms with Crippen LogP contribution in [0.3, 0.4) is 0 Å². The molecule has 0 aliphatic heterocycles. The predicted octanol–water partition coefficient (Wildman–Crippen LogP) is 3.12. The fourth-order valence-electron chi connectivity index (χ4n) is 1.77. The van der Waals surface area contributed by atoms with Crippen LogP contribution >= 0.6 is 0 Å². The van der Waals surface area contributed by atoms with Gasteiger partial charge in [0.1, 0.15) is 0 Å². The Balaban J connectivity index is 2.61. The van der Waals surface area contributed by atoms with Gasteiger partial charge in [0, 0.05) is 25.4 Å². The lowest BCUT2D eigenvalue weighted by Gasteiger charge is -2.12. The first-order valence-electron chi connectivity index (χ1n) is 7.97. The minimum atomic E-state index is -4.38. The lowest BCUT2D eigenvalue weighted by molar-refractivity contribution is -0.154.